The van der Waals surface area contributed by atoms with Crippen molar-refractivity contribution in [2.24, 2.45) is 0 Å². The Morgan fingerprint density at radius 2 is 2.18 bits per heavy atom. The van der Waals surface area contributed by atoms with Gasteiger partial charge in [0.15, 0.2) is 0 Å². The zero-order valence-corrected chi connectivity index (χ0v) is 16.1. The Labute approximate surface area is 163 Å². The van der Waals surface area contributed by atoms with E-state index >= 15 is 0 Å². The SMILES string of the molecule is CC(C)N(C)C(=O)c1cnc2nc1Nc1ccc(C#N)c(c1)OC/C=C\CN2. The molecule has 2 aromatic rings. The maximum atomic E-state index is 12.9. The number of nitrogens with zero attached hydrogens (tertiary/aromatic N) is 4. The molecule has 28 heavy (non-hydrogen) atoms. The van der Waals surface area contributed by atoms with Gasteiger partial charge in [-0.05, 0) is 32.1 Å². The second kappa shape index (κ2) is 8.39. The smallest absolute Gasteiger partial charge is 0.259 e. The van der Waals surface area contributed by atoms with Crippen molar-refractivity contribution in [1.82, 2.24) is 14.9 Å². The number of nitriles is 1. The Kier molecular flexibility index (Phi) is 5.75. The van der Waals surface area contributed by atoms with E-state index in [1.54, 1.807) is 30.1 Å². The number of carbonyl (C=O) groups is 1. The second-order valence-electron chi connectivity index (χ2n) is 6.58. The van der Waals surface area contributed by atoms with Crippen molar-refractivity contribution in [3.63, 3.8) is 0 Å². The summed E-state index contributed by atoms with van der Waals surface area (Å²) in [6.45, 7) is 4.72. The summed E-state index contributed by atoms with van der Waals surface area (Å²) in [5.74, 6) is 1.07. The first kappa shape index (κ1) is 19.2. The van der Waals surface area contributed by atoms with Gasteiger partial charge in [-0.15, -0.1) is 0 Å². The van der Waals surface area contributed by atoms with E-state index in [9.17, 15) is 10.1 Å². The number of aromatic nitrogens is 2. The molecule has 0 fully saturated rings. The molecular weight excluding hydrogens is 356 g/mol. The van der Waals surface area contributed by atoms with Gasteiger partial charge < -0.3 is 20.3 Å². The van der Waals surface area contributed by atoms with Crippen LogP contribution in [-0.2, 0) is 0 Å². The molecule has 144 valence electrons. The summed E-state index contributed by atoms with van der Waals surface area (Å²) < 4.78 is 5.70. The van der Waals surface area contributed by atoms with Gasteiger partial charge in [-0.25, -0.2) is 4.98 Å². The first-order chi connectivity index (χ1) is 13.5. The quantitative estimate of drug-likeness (QED) is 0.775. The number of rotatable bonds is 2. The number of fused-ring (bicyclic) bond motifs is 4. The molecule has 0 atom stereocenters. The number of hydrogen-bond acceptors (Lipinski definition) is 7. The number of benzene rings is 1. The minimum absolute atomic E-state index is 0.0345. The molecule has 0 saturated heterocycles. The van der Waals surface area contributed by atoms with Crippen molar-refractivity contribution in [2.45, 2.75) is 19.9 Å². The van der Waals surface area contributed by atoms with Crippen LogP contribution < -0.4 is 15.4 Å². The van der Waals surface area contributed by atoms with Gasteiger partial charge in [0, 0.05) is 37.6 Å². The number of anilines is 3. The maximum absolute atomic E-state index is 12.9. The molecule has 4 bridgehead atoms. The first-order valence-corrected chi connectivity index (χ1v) is 8.96. The fourth-order valence-electron chi connectivity index (χ4n) is 2.53. The Morgan fingerprint density at radius 1 is 1.36 bits per heavy atom. The number of amides is 1. The third-order valence-corrected chi connectivity index (χ3v) is 4.36. The topological polar surface area (TPSA) is 103 Å². The number of hydrogen-bond donors (Lipinski definition) is 2. The average Bonchev–Trinajstić information content (AvgIpc) is 2.70. The van der Waals surface area contributed by atoms with Gasteiger partial charge >= 0.3 is 0 Å². The largest absolute Gasteiger partial charge is 0.488 e. The Bertz CT molecular complexity index is 948. The lowest BCUT2D eigenvalue weighted by molar-refractivity contribution is 0.0755. The van der Waals surface area contributed by atoms with Crippen molar-refractivity contribution in [1.29, 1.82) is 5.26 Å². The van der Waals surface area contributed by atoms with Gasteiger partial charge in [0.05, 0.1) is 5.56 Å². The molecule has 8 nitrogen and oxygen atoms in total. The van der Waals surface area contributed by atoms with Crippen molar-refractivity contribution in [2.75, 3.05) is 30.8 Å². The minimum Gasteiger partial charge on any atom is -0.488 e. The van der Waals surface area contributed by atoms with Crippen molar-refractivity contribution in [3.8, 4) is 11.8 Å². The summed E-state index contributed by atoms with van der Waals surface area (Å²) in [7, 11) is 1.74. The van der Waals surface area contributed by atoms with Crippen molar-refractivity contribution < 1.29 is 9.53 Å². The number of carbonyl (C=O) groups excluding carboxylic acids is 1. The molecule has 0 radical (unpaired) electrons. The minimum atomic E-state index is -0.182. The zero-order valence-electron chi connectivity index (χ0n) is 16.1. The van der Waals surface area contributed by atoms with E-state index in [1.165, 1.54) is 6.20 Å². The van der Waals surface area contributed by atoms with E-state index in [0.717, 1.165) is 0 Å². The van der Waals surface area contributed by atoms with E-state index in [4.69, 9.17) is 4.74 Å². The Balaban J connectivity index is 2.06. The van der Waals surface area contributed by atoms with E-state index < -0.39 is 0 Å². The summed E-state index contributed by atoms with van der Waals surface area (Å²) in [6, 6.07) is 7.29. The van der Waals surface area contributed by atoms with Crippen molar-refractivity contribution in [3.05, 3.63) is 47.7 Å². The summed E-state index contributed by atoms with van der Waals surface area (Å²) in [5.41, 5.74) is 1.45. The van der Waals surface area contributed by atoms with Gasteiger partial charge in [-0.1, -0.05) is 6.08 Å². The lowest BCUT2D eigenvalue weighted by atomic mass is 10.2. The van der Waals surface area contributed by atoms with Crippen molar-refractivity contribution >= 4 is 23.4 Å². The predicted octanol–water partition coefficient (Wildman–Crippen LogP) is 2.93. The number of nitrogens with one attached hydrogen (secondary N) is 2. The van der Waals surface area contributed by atoms with Crippen LogP contribution in [0, 0.1) is 11.3 Å². The molecule has 1 amide bonds. The molecule has 0 unspecified atom stereocenters. The van der Waals surface area contributed by atoms with Crippen LogP contribution in [0.15, 0.2) is 36.5 Å². The van der Waals surface area contributed by atoms with Crippen LogP contribution in [0.2, 0.25) is 0 Å². The Hall–Kier alpha value is -3.60. The molecule has 1 aromatic carbocycles. The van der Waals surface area contributed by atoms with Gasteiger partial charge in [0.1, 0.15) is 29.8 Å². The Morgan fingerprint density at radius 3 is 2.93 bits per heavy atom. The summed E-state index contributed by atoms with van der Waals surface area (Å²) in [5, 5.41) is 15.5. The van der Waals surface area contributed by atoms with Crippen LogP contribution >= 0.6 is 0 Å². The van der Waals surface area contributed by atoms with Gasteiger partial charge in [-0.2, -0.15) is 10.2 Å². The highest BCUT2D eigenvalue weighted by molar-refractivity contribution is 5.99. The van der Waals surface area contributed by atoms with Gasteiger partial charge in [0.25, 0.3) is 5.91 Å². The zero-order chi connectivity index (χ0) is 20.1. The van der Waals surface area contributed by atoms with Crippen LogP contribution in [0.1, 0.15) is 29.8 Å². The molecule has 8 heteroatoms. The maximum Gasteiger partial charge on any atom is 0.259 e. The molecule has 0 aliphatic carbocycles. The fraction of sp³-hybridized carbons (Fsp3) is 0.300. The molecule has 1 aliphatic heterocycles. The first-order valence-electron chi connectivity index (χ1n) is 8.96. The summed E-state index contributed by atoms with van der Waals surface area (Å²) in [6.07, 6.45) is 5.25. The normalized spacial score (nSPS) is 14.1. The monoisotopic (exact) mass is 378 g/mol. The summed E-state index contributed by atoms with van der Waals surface area (Å²) in [4.78, 5) is 23.2. The molecule has 1 aromatic heterocycles. The van der Waals surface area contributed by atoms with Crippen LogP contribution in [0.5, 0.6) is 5.75 Å². The highest BCUT2D eigenvalue weighted by Gasteiger charge is 2.21. The highest BCUT2D eigenvalue weighted by Crippen LogP contribution is 2.27. The van der Waals surface area contributed by atoms with E-state index in [-0.39, 0.29) is 11.9 Å². The van der Waals surface area contributed by atoms with Gasteiger partial charge in [-0.3, -0.25) is 4.79 Å². The molecule has 1 aliphatic rings. The molecule has 2 heterocycles. The molecule has 0 saturated carbocycles. The average molecular weight is 378 g/mol. The summed E-state index contributed by atoms with van der Waals surface area (Å²) >= 11 is 0. The van der Waals surface area contributed by atoms with Crippen LogP contribution in [0.25, 0.3) is 0 Å². The lowest BCUT2D eigenvalue weighted by Gasteiger charge is -2.22. The molecule has 0 spiro atoms. The standard InChI is InChI=1S/C20H22N6O2/c1-13(2)26(3)19(27)16-12-23-20-22-8-4-5-9-28-17-10-15(24-18(16)25-20)7-6-14(17)11-21/h4-7,10,12-13H,8-9H2,1-3H3,(H2,22,23,24,25)/b5-4-. The van der Waals surface area contributed by atoms with Crippen LogP contribution in [0.4, 0.5) is 17.5 Å². The second-order valence-corrected chi connectivity index (χ2v) is 6.58. The van der Waals surface area contributed by atoms with E-state index in [0.29, 0.717) is 47.5 Å². The molecule has 2 N–H and O–H groups in total. The predicted molar refractivity (Wildman–Crippen MR) is 107 cm³/mol. The third kappa shape index (κ3) is 4.20. The van der Waals surface area contributed by atoms with Crippen LogP contribution in [-0.4, -0.2) is 47.0 Å². The molecule has 3 rings (SSSR count). The molecular formula is C20H22N6O2. The third-order valence-electron chi connectivity index (χ3n) is 4.36. The number of ether oxygens (including phenoxy) is 1. The van der Waals surface area contributed by atoms with E-state index in [1.807, 2.05) is 26.0 Å². The van der Waals surface area contributed by atoms with E-state index in [2.05, 4.69) is 26.7 Å². The van der Waals surface area contributed by atoms with Crippen LogP contribution in [0.3, 0.4) is 0 Å². The fourth-order valence-corrected chi connectivity index (χ4v) is 2.53. The van der Waals surface area contributed by atoms with Gasteiger partial charge in [0.2, 0.25) is 5.95 Å². The highest BCUT2D eigenvalue weighted by atomic mass is 16.5. The lowest BCUT2D eigenvalue weighted by Crippen LogP contribution is -2.33.